The van der Waals surface area contributed by atoms with Crippen molar-refractivity contribution in [1.29, 1.82) is 0 Å². The molecule has 1 saturated heterocycles. The van der Waals surface area contributed by atoms with Gasteiger partial charge in [0.25, 0.3) is 0 Å². The highest BCUT2D eigenvalue weighted by Crippen LogP contribution is 2.41. The number of anilines is 1. The average Bonchev–Trinajstić information content (AvgIpc) is 2.55. The molecule has 3 nitrogen and oxygen atoms in total. The Morgan fingerprint density at radius 1 is 1.19 bits per heavy atom. The molecule has 0 radical (unpaired) electrons. The monoisotopic (exact) mass is 479 g/mol. The molecule has 1 aliphatic rings. The molecule has 1 fully saturated rings. The molecule has 8 heteroatoms. The normalized spacial score (nSPS) is 18.9. The second-order valence-corrected chi connectivity index (χ2v) is 8.24. The number of carbonyl (C=O) groups is 1. The van der Waals surface area contributed by atoms with Crippen molar-refractivity contribution in [2.24, 2.45) is 5.92 Å². The van der Waals surface area contributed by atoms with E-state index in [1.54, 1.807) is 12.1 Å². The van der Waals surface area contributed by atoms with Crippen LogP contribution in [0.2, 0.25) is 15.1 Å². The molecule has 2 aromatic rings. The Hall–Kier alpha value is -0.850. The van der Waals surface area contributed by atoms with Crippen molar-refractivity contribution in [3.8, 4) is 0 Å². The lowest BCUT2D eigenvalue weighted by atomic mass is 9.87. The minimum atomic E-state index is -1.15. The molecule has 138 valence electrons. The number of amides is 1. The maximum absolute atomic E-state index is 14.2. The van der Waals surface area contributed by atoms with E-state index in [0.29, 0.717) is 26.6 Å². The Morgan fingerprint density at radius 3 is 2.46 bits per heavy atom. The summed E-state index contributed by atoms with van der Waals surface area (Å²) < 4.78 is 14.8. The molecule has 1 heterocycles. The van der Waals surface area contributed by atoms with E-state index < -0.39 is 17.8 Å². The number of aliphatic hydroxyl groups is 1. The van der Waals surface area contributed by atoms with Crippen LogP contribution >= 0.6 is 50.7 Å². The maximum atomic E-state index is 14.2. The summed E-state index contributed by atoms with van der Waals surface area (Å²) in [6.07, 6.45) is -0.545. The number of nitrogens with zero attached hydrogens (tertiary/aromatic N) is 1. The fourth-order valence-electron chi connectivity index (χ4n) is 3.17. The number of halogens is 5. The van der Waals surface area contributed by atoms with Gasteiger partial charge in [-0.1, -0.05) is 56.8 Å². The quantitative estimate of drug-likeness (QED) is 0.582. The smallest absolute Gasteiger partial charge is 0.227 e. The summed E-state index contributed by atoms with van der Waals surface area (Å²) in [5.41, 5.74) is 0.430. The van der Waals surface area contributed by atoms with Gasteiger partial charge in [0.05, 0.1) is 21.8 Å². The number of hydrogen-bond donors (Lipinski definition) is 1. The van der Waals surface area contributed by atoms with E-state index in [0.717, 1.165) is 0 Å². The van der Waals surface area contributed by atoms with Crippen molar-refractivity contribution < 1.29 is 14.3 Å². The Kier molecular flexibility index (Phi) is 6.14. The van der Waals surface area contributed by atoms with Gasteiger partial charge in [0.15, 0.2) is 0 Å². The van der Waals surface area contributed by atoms with Crippen molar-refractivity contribution in [2.75, 3.05) is 11.4 Å². The number of aliphatic hydroxyl groups excluding tert-OH is 1. The van der Waals surface area contributed by atoms with Crippen LogP contribution in [-0.2, 0) is 4.79 Å². The second kappa shape index (κ2) is 8.03. The van der Waals surface area contributed by atoms with Gasteiger partial charge in [-0.2, -0.15) is 0 Å². The van der Waals surface area contributed by atoms with Crippen LogP contribution in [0.25, 0.3) is 0 Å². The number of hydrogen-bond acceptors (Lipinski definition) is 2. The molecule has 0 bridgehead atoms. The molecule has 0 unspecified atom stereocenters. The van der Waals surface area contributed by atoms with E-state index in [4.69, 9.17) is 34.8 Å². The van der Waals surface area contributed by atoms with Gasteiger partial charge in [-0.25, -0.2) is 4.39 Å². The summed E-state index contributed by atoms with van der Waals surface area (Å²) in [6.45, 7) is 0.158. The van der Waals surface area contributed by atoms with Crippen LogP contribution in [0.1, 0.15) is 24.5 Å². The predicted octanol–water partition coefficient (Wildman–Crippen LogP) is 6.03. The van der Waals surface area contributed by atoms with Crippen LogP contribution in [0, 0.1) is 11.7 Å². The summed E-state index contributed by atoms with van der Waals surface area (Å²) in [7, 11) is 0. The lowest BCUT2D eigenvalue weighted by Crippen LogP contribution is -2.42. The third kappa shape index (κ3) is 3.87. The van der Waals surface area contributed by atoms with E-state index in [-0.39, 0.29) is 29.5 Å². The van der Waals surface area contributed by atoms with Gasteiger partial charge < -0.3 is 10.0 Å². The molecule has 0 saturated carbocycles. The Morgan fingerprint density at radius 2 is 1.85 bits per heavy atom. The highest BCUT2D eigenvalue weighted by molar-refractivity contribution is 9.10. The fraction of sp³-hybridized carbons (Fsp3) is 0.278. The third-order valence-electron chi connectivity index (χ3n) is 4.44. The number of carbonyl (C=O) groups excluding carboxylic acids is 1. The van der Waals surface area contributed by atoms with Crippen LogP contribution in [0.5, 0.6) is 0 Å². The van der Waals surface area contributed by atoms with Crippen LogP contribution in [0.4, 0.5) is 10.1 Å². The van der Waals surface area contributed by atoms with Gasteiger partial charge in [-0.05, 0) is 30.7 Å². The molecular weight excluding hydrogens is 467 g/mol. The first kappa shape index (κ1) is 19.9. The summed E-state index contributed by atoms with van der Waals surface area (Å²) >= 11 is 21.9. The number of benzene rings is 2. The lowest BCUT2D eigenvalue weighted by Gasteiger charge is -2.36. The van der Waals surface area contributed by atoms with Crippen LogP contribution in [0.3, 0.4) is 0 Å². The summed E-state index contributed by atoms with van der Waals surface area (Å²) in [6, 6.07) is 7.54. The maximum Gasteiger partial charge on any atom is 0.227 e. The molecule has 26 heavy (non-hydrogen) atoms. The van der Waals surface area contributed by atoms with Crippen molar-refractivity contribution >= 4 is 62.3 Å². The fourth-order valence-corrected chi connectivity index (χ4v) is 4.85. The highest BCUT2D eigenvalue weighted by atomic mass is 79.9. The van der Waals surface area contributed by atoms with Gasteiger partial charge in [0.2, 0.25) is 5.91 Å². The minimum Gasteiger partial charge on any atom is -0.388 e. The largest absolute Gasteiger partial charge is 0.388 e. The van der Waals surface area contributed by atoms with E-state index in [1.807, 2.05) is 0 Å². The molecule has 2 aromatic carbocycles. The predicted molar refractivity (Wildman–Crippen MR) is 106 cm³/mol. The molecular formula is C18H14BrCl3FNO2. The Labute approximate surface area is 173 Å². The van der Waals surface area contributed by atoms with E-state index in [9.17, 15) is 14.3 Å². The van der Waals surface area contributed by atoms with Gasteiger partial charge in [-0.3, -0.25) is 4.79 Å². The standard InChI is InChI=1S/C18H14BrCl3FNO2/c19-10-6-12(21)17(13(22)7-10)24-8-9(4-5-15(24)25)18(26)16-11(20)2-1-3-14(16)23/h1-3,6-7,9,18,26H,4-5,8H2/t9-,18-/m0/s1. The van der Waals surface area contributed by atoms with Crippen molar-refractivity contribution in [2.45, 2.75) is 18.9 Å². The zero-order valence-corrected chi connectivity index (χ0v) is 17.2. The van der Waals surface area contributed by atoms with Crippen LogP contribution in [-0.4, -0.2) is 17.6 Å². The van der Waals surface area contributed by atoms with Gasteiger partial charge in [-0.15, -0.1) is 0 Å². The van der Waals surface area contributed by atoms with Crippen LogP contribution in [0.15, 0.2) is 34.8 Å². The molecule has 1 N–H and O–H groups in total. The average molecular weight is 482 g/mol. The van der Waals surface area contributed by atoms with E-state index in [2.05, 4.69) is 15.9 Å². The molecule has 2 atom stereocenters. The summed E-state index contributed by atoms with van der Waals surface area (Å²) in [5, 5.41) is 11.5. The molecule has 0 aliphatic carbocycles. The highest BCUT2D eigenvalue weighted by Gasteiger charge is 2.35. The molecule has 0 aromatic heterocycles. The van der Waals surface area contributed by atoms with E-state index in [1.165, 1.54) is 23.1 Å². The molecule has 1 aliphatic heterocycles. The first-order valence-corrected chi connectivity index (χ1v) is 9.79. The first-order chi connectivity index (χ1) is 12.3. The van der Waals surface area contributed by atoms with Gasteiger partial charge in [0.1, 0.15) is 5.82 Å². The first-order valence-electron chi connectivity index (χ1n) is 7.86. The van der Waals surface area contributed by atoms with Gasteiger partial charge in [0, 0.05) is 33.9 Å². The number of rotatable bonds is 3. The topological polar surface area (TPSA) is 40.5 Å². The second-order valence-electron chi connectivity index (χ2n) is 6.10. The minimum absolute atomic E-state index is 0.0430. The van der Waals surface area contributed by atoms with Gasteiger partial charge >= 0.3 is 0 Å². The summed E-state index contributed by atoms with van der Waals surface area (Å²) in [4.78, 5) is 13.9. The van der Waals surface area contributed by atoms with Crippen molar-refractivity contribution in [1.82, 2.24) is 0 Å². The molecule has 3 rings (SSSR count). The summed E-state index contributed by atoms with van der Waals surface area (Å²) in [5.74, 6) is -1.13. The third-order valence-corrected chi connectivity index (χ3v) is 5.80. The van der Waals surface area contributed by atoms with Crippen molar-refractivity contribution in [3.05, 3.63) is 61.3 Å². The zero-order valence-electron chi connectivity index (χ0n) is 13.4. The molecule has 0 spiro atoms. The Balaban J connectivity index is 1.93. The lowest BCUT2D eigenvalue weighted by molar-refractivity contribution is -0.120. The molecule has 1 amide bonds. The van der Waals surface area contributed by atoms with Crippen LogP contribution < -0.4 is 4.90 Å². The van der Waals surface area contributed by atoms with Crippen molar-refractivity contribution in [3.63, 3.8) is 0 Å². The van der Waals surface area contributed by atoms with E-state index >= 15 is 0 Å². The SMILES string of the molecule is O=C1CC[C@H]([C@H](O)c2c(F)cccc2Cl)CN1c1c(Cl)cc(Br)cc1Cl. The Bertz CT molecular complexity index is 821. The zero-order chi connectivity index (χ0) is 19.0. The number of piperidine rings is 1.